The van der Waals surface area contributed by atoms with E-state index in [2.05, 4.69) is 109 Å². The quantitative estimate of drug-likeness (QED) is 0.218. The Morgan fingerprint density at radius 1 is 0.512 bits per heavy atom. The predicted molar refractivity (Wildman–Crippen MR) is 174 cm³/mol. The van der Waals surface area contributed by atoms with E-state index >= 15 is 0 Å². The number of nitrogens with zero attached hydrogens (tertiary/aromatic N) is 4. The lowest BCUT2D eigenvalue weighted by Crippen LogP contribution is -2.15. The molecule has 4 nitrogen and oxygen atoms in total. The van der Waals surface area contributed by atoms with Gasteiger partial charge in [0.1, 0.15) is 0 Å². The first-order valence-corrected chi connectivity index (χ1v) is 14.6. The van der Waals surface area contributed by atoms with Crippen LogP contribution in [0.4, 0.5) is 0 Å². The molecule has 4 aromatic heterocycles. The van der Waals surface area contributed by atoms with Gasteiger partial charge in [-0.2, -0.15) is 0 Å². The van der Waals surface area contributed by atoms with Gasteiger partial charge in [0.05, 0.1) is 34.0 Å². The van der Waals surface area contributed by atoms with Gasteiger partial charge in [-0.1, -0.05) is 92.7 Å². The summed E-state index contributed by atoms with van der Waals surface area (Å²) in [6, 6.07) is 42.1. The first-order valence-electron chi connectivity index (χ1n) is 14.6. The van der Waals surface area contributed by atoms with E-state index in [1.54, 1.807) is 12.4 Å². The fraction of sp³-hybridized carbons (Fsp3) is 0.0769. The maximum absolute atomic E-state index is 5.26. The summed E-state index contributed by atoms with van der Waals surface area (Å²) in [5, 5.41) is 1.22. The van der Waals surface area contributed by atoms with Crippen molar-refractivity contribution in [2.75, 3.05) is 0 Å². The van der Waals surface area contributed by atoms with E-state index in [0.29, 0.717) is 0 Å². The number of hydrogen-bond donors (Lipinski definition) is 0. The lowest BCUT2D eigenvalue weighted by atomic mass is 9.80. The van der Waals surface area contributed by atoms with E-state index < -0.39 is 0 Å². The summed E-state index contributed by atoms with van der Waals surface area (Å²) in [7, 11) is 0. The van der Waals surface area contributed by atoms with E-state index in [1.165, 1.54) is 27.6 Å². The molecule has 0 N–H and O–H groups in total. The number of fused-ring (bicyclic) bond motifs is 5. The van der Waals surface area contributed by atoms with Crippen LogP contribution in [0, 0.1) is 0 Å². The number of para-hydroxylation sites is 1. The van der Waals surface area contributed by atoms with Crippen LogP contribution in [-0.2, 0) is 5.41 Å². The molecule has 0 bridgehead atoms. The average Bonchev–Trinajstić information content (AvgIpc) is 3.32. The Morgan fingerprint density at radius 3 is 1.79 bits per heavy atom. The van der Waals surface area contributed by atoms with Crippen LogP contribution in [0.25, 0.3) is 67.2 Å². The summed E-state index contributed by atoms with van der Waals surface area (Å²) in [6.07, 6.45) is 3.60. The van der Waals surface area contributed by atoms with Gasteiger partial charge in [-0.25, -0.2) is 9.97 Å². The summed E-state index contributed by atoms with van der Waals surface area (Å²) >= 11 is 0. The van der Waals surface area contributed by atoms with Gasteiger partial charge in [0.15, 0.2) is 0 Å². The van der Waals surface area contributed by atoms with Gasteiger partial charge in [0.2, 0.25) is 0 Å². The summed E-state index contributed by atoms with van der Waals surface area (Å²) in [4.78, 5) is 19.3. The highest BCUT2D eigenvalue weighted by atomic mass is 14.8. The molecule has 0 radical (unpaired) electrons. The van der Waals surface area contributed by atoms with Crippen LogP contribution in [0.5, 0.6) is 0 Å². The first kappa shape index (κ1) is 25.2. The minimum absolute atomic E-state index is 0.121. The minimum Gasteiger partial charge on any atom is -0.255 e. The molecule has 43 heavy (non-hydrogen) atoms. The molecule has 0 amide bonds. The molecule has 3 aromatic carbocycles. The zero-order chi connectivity index (χ0) is 29.0. The molecule has 0 saturated carbocycles. The van der Waals surface area contributed by atoms with Crippen molar-refractivity contribution >= 4 is 10.9 Å². The SMILES string of the molecule is CC1(C)c2ccccc2-c2c(-c3ccc(-c4cc(-c5ccccn5)nc(-c5ccccn5)c4)cc3)nc3ccccc3c21. The van der Waals surface area contributed by atoms with Crippen molar-refractivity contribution in [3.8, 4) is 56.3 Å². The van der Waals surface area contributed by atoms with E-state index in [4.69, 9.17) is 9.97 Å². The van der Waals surface area contributed by atoms with Gasteiger partial charge in [-0.3, -0.25) is 9.97 Å². The monoisotopic (exact) mass is 552 g/mol. The van der Waals surface area contributed by atoms with Crippen LogP contribution in [0.15, 0.2) is 134 Å². The van der Waals surface area contributed by atoms with Crippen LogP contribution in [0.2, 0.25) is 0 Å². The smallest absolute Gasteiger partial charge is 0.0900 e. The molecule has 4 heterocycles. The molecule has 0 aliphatic heterocycles. The van der Waals surface area contributed by atoms with Crippen molar-refractivity contribution in [2.45, 2.75) is 19.3 Å². The van der Waals surface area contributed by atoms with Crippen molar-refractivity contribution in [1.82, 2.24) is 19.9 Å². The third-order valence-corrected chi connectivity index (χ3v) is 8.56. The zero-order valence-corrected chi connectivity index (χ0v) is 24.0. The molecule has 204 valence electrons. The molecule has 0 saturated heterocycles. The highest BCUT2D eigenvalue weighted by Gasteiger charge is 2.39. The average molecular weight is 553 g/mol. The third kappa shape index (κ3) is 4.14. The molecule has 0 fully saturated rings. The normalized spacial score (nSPS) is 13.1. The Balaban J connectivity index is 1.29. The Labute approximate surface area is 250 Å². The molecule has 1 aliphatic carbocycles. The second-order valence-electron chi connectivity index (χ2n) is 11.5. The summed E-state index contributed by atoms with van der Waals surface area (Å²) < 4.78 is 0. The zero-order valence-electron chi connectivity index (χ0n) is 24.0. The molecule has 0 unspecified atom stereocenters. The van der Waals surface area contributed by atoms with Gasteiger partial charge >= 0.3 is 0 Å². The fourth-order valence-corrected chi connectivity index (χ4v) is 6.52. The lowest BCUT2D eigenvalue weighted by Gasteiger charge is -2.23. The van der Waals surface area contributed by atoms with Crippen molar-refractivity contribution in [3.05, 3.63) is 145 Å². The summed E-state index contributed by atoms with van der Waals surface area (Å²) in [5.41, 5.74) is 13.7. The fourth-order valence-electron chi connectivity index (χ4n) is 6.52. The Hall–Kier alpha value is -5.48. The molecule has 1 aliphatic rings. The minimum atomic E-state index is -0.121. The molecular weight excluding hydrogens is 524 g/mol. The third-order valence-electron chi connectivity index (χ3n) is 8.56. The number of rotatable bonds is 4. The molecule has 0 spiro atoms. The predicted octanol–water partition coefficient (Wildman–Crippen LogP) is 9.39. The summed E-state index contributed by atoms with van der Waals surface area (Å²) in [5.74, 6) is 0. The van der Waals surface area contributed by atoms with Gasteiger partial charge in [-0.15, -0.1) is 0 Å². The maximum atomic E-state index is 5.26. The number of pyridine rings is 4. The highest BCUT2D eigenvalue weighted by molar-refractivity contribution is 6.01. The molecular formula is C39H28N4. The topological polar surface area (TPSA) is 51.6 Å². The molecule has 0 atom stereocenters. The van der Waals surface area contributed by atoms with Crippen LogP contribution in [-0.4, -0.2) is 19.9 Å². The Kier molecular flexibility index (Phi) is 5.76. The van der Waals surface area contributed by atoms with Crippen molar-refractivity contribution < 1.29 is 0 Å². The Morgan fingerprint density at radius 2 is 1.12 bits per heavy atom. The van der Waals surface area contributed by atoms with Gasteiger partial charge in [-0.05, 0) is 70.3 Å². The maximum Gasteiger partial charge on any atom is 0.0900 e. The second kappa shape index (κ2) is 9.81. The van der Waals surface area contributed by atoms with Crippen molar-refractivity contribution in [2.24, 2.45) is 0 Å². The van der Waals surface area contributed by atoms with E-state index in [9.17, 15) is 0 Å². The molecule has 7 aromatic rings. The highest BCUT2D eigenvalue weighted by Crippen LogP contribution is 2.53. The number of aromatic nitrogens is 4. The van der Waals surface area contributed by atoms with Gasteiger partial charge < -0.3 is 0 Å². The van der Waals surface area contributed by atoms with Crippen LogP contribution < -0.4 is 0 Å². The van der Waals surface area contributed by atoms with E-state index in [0.717, 1.165) is 50.7 Å². The largest absolute Gasteiger partial charge is 0.255 e. The standard InChI is InChI=1S/C39H28N4/c1-39(2)30-13-5-3-11-28(30)36-37(39)29-12-4-6-14-31(29)43-38(36)26-19-17-25(18-20-26)27-23-34(32-15-7-9-21-40-32)42-35(24-27)33-16-8-10-22-41-33/h3-24H,1-2H3. The molecule has 4 heteroatoms. The number of benzene rings is 3. The molecule has 8 rings (SSSR count). The van der Waals surface area contributed by atoms with E-state index in [1.807, 2.05) is 36.4 Å². The second-order valence-corrected chi connectivity index (χ2v) is 11.5. The summed E-state index contributed by atoms with van der Waals surface area (Å²) in [6.45, 7) is 4.66. The van der Waals surface area contributed by atoms with Crippen LogP contribution in [0.1, 0.15) is 25.0 Å². The van der Waals surface area contributed by atoms with Crippen LogP contribution >= 0.6 is 0 Å². The van der Waals surface area contributed by atoms with E-state index in [-0.39, 0.29) is 5.41 Å². The first-order chi connectivity index (χ1) is 21.1. The van der Waals surface area contributed by atoms with Crippen molar-refractivity contribution in [3.63, 3.8) is 0 Å². The van der Waals surface area contributed by atoms with Crippen molar-refractivity contribution in [1.29, 1.82) is 0 Å². The van der Waals surface area contributed by atoms with Crippen LogP contribution in [0.3, 0.4) is 0 Å². The van der Waals surface area contributed by atoms with Gasteiger partial charge in [0, 0.05) is 34.3 Å². The lowest BCUT2D eigenvalue weighted by molar-refractivity contribution is 0.666. The number of hydrogen-bond acceptors (Lipinski definition) is 4. The van der Waals surface area contributed by atoms with Gasteiger partial charge in [0.25, 0.3) is 0 Å². The Bertz CT molecular complexity index is 2080.